The summed E-state index contributed by atoms with van der Waals surface area (Å²) in [7, 11) is 0. The van der Waals surface area contributed by atoms with E-state index in [-0.39, 0.29) is 25.1 Å². The molecule has 1 aromatic rings. The number of nitrogens with two attached hydrogens (primary N) is 1. The lowest BCUT2D eigenvalue weighted by Gasteiger charge is -2.10. The second-order valence-electron chi connectivity index (χ2n) is 5.68. The van der Waals surface area contributed by atoms with Gasteiger partial charge in [0.25, 0.3) is 0 Å². The molecule has 7 heteroatoms. The molecule has 3 N–H and O–H groups in total. The van der Waals surface area contributed by atoms with Crippen molar-refractivity contribution >= 4 is 18.4 Å². The second kappa shape index (κ2) is 15.0. The number of hydrogen-bond donors (Lipinski definition) is 2. The molecule has 0 amide bonds. The molecule has 1 rings (SSSR count). The van der Waals surface area contributed by atoms with Gasteiger partial charge in [-0.05, 0) is 50.3 Å². The highest BCUT2D eigenvalue weighted by atomic mass is 35.5. The Hall–Kier alpha value is -1.34. The summed E-state index contributed by atoms with van der Waals surface area (Å²) in [4.78, 5) is 10.2. The Morgan fingerprint density at radius 1 is 1.08 bits per heavy atom. The molecule has 0 aliphatic heterocycles. The van der Waals surface area contributed by atoms with Gasteiger partial charge in [0.15, 0.2) is 0 Å². The van der Waals surface area contributed by atoms with Crippen LogP contribution in [-0.4, -0.2) is 44.1 Å². The predicted molar refractivity (Wildman–Crippen MR) is 99.5 cm³/mol. The number of carboxylic acids is 1. The SMILES string of the molecule is C[C@@H](N)c1cccc(OCCCCCOCCCOCC(=O)O)c1.Cl. The Morgan fingerprint density at radius 2 is 1.76 bits per heavy atom. The lowest BCUT2D eigenvalue weighted by atomic mass is 10.1. The molecule has 0 spiro atoms. The highest BCUT2D eigenvalue weighted by Gasteiger charge is 2.01. The molecule has 0 fully saturated rings. The van der Waals surface area contributed by atoms with Crippen LogP contribution in [0.5, 0.6) is 5.75 Å². The van der Waals surface area contributed by atoms with Gasteiger partial charge in [-0.2, -0.15) is 0 Å². The zero-order valence-corrected chi connectivity index (χ0v) is 15.6. The van der Waals surface area contributed by atoms with Crippen molar-refractivity contribution in [3.8, 4) is 5.75 Å². The van der Waals surface area contributed by atoms with Gasteiger partial charge in [0, 0.05) is 25.9 Å². The summed E-state index contributed by atoms with van der Waals surface area (Å²) < 4.78 is 16.1. The van der Waals surface area contributed by atoms with E-state index in [1.807, 2.05) is 31.2 Å². The number of carboxylic acid groups (broad SMARTS) is 1. The molecule has 0 aromatic heterocycles. The molecule has 1 atom stereocenters. The van der Waals surface area contributed by atoms with Crippen LogP contribution in [0.25, 0.3) is 0 Å². The second-order valence-corrected chi connectivity index (χ2v) is 5.68. The van der Waals surface area contributed by atoms with Gasteiger partial charge in [-0.1, -0.05) is 12.1 Å². The van der Waals surface area contributed by atoms with Crippen molar-refractivity contribution in [2.45, 2.75) is 38.6 Å². The average molecular weight is 376 g/mol. The van der Waals surface area contributed by atoms with Crippen molar-refractivity contribution in [3.05, 3.63) is 29.8 Å². The van der Waals surface area contributed by atoms with Gasteiger partial charge in [-0.3, -0.25) is 0 Å². The third kappa shape index (κ3) is 12.6. The van der Waals surface area contributed by atoms with Crippen molar-refractivity contribution < 1.29 is 24.1 Å². The molecular formula is C18H30ClNO5. The molecule has 0 aliphatic rings. The van der Waals surface area contributed by atoms with Crippen LogP contribution in [0.3, 0.4) is 0 Å². The third-order valence-electron chi connectivity index (χ3n) is 3.39. The summed E-state index contributed by atoms with van der Waals surface area (Å²) in [5, 5.41) is 8.40. The molecule has 0 bridgehead atoms. The lowest BCUT2D eigenvalue weighted by molar-refractivity contribution is -0.142. The van der Waals surface area contributed by atoms with Crippen LogP contribution in [0.15, 0.2) is 24.3 Å². The van der Waals surface area contributed by atoms with E-state index in [0.29, 0.717) is 32.8 Å². The maximum Gasteiger partial charge on any atom is 0.329 e. The largest absolute Gasteiger partial charge is 0.494 e. The van der Waals surface area contributed by atoms with E-state index >= 15 is 0 Å². The molecule has 1 aromatic carbocycles. The molecule has 144 valence electrons. The van der Waals surface area contributed by atoms with Crippen molar-refractivity contribution in [3.63, 3.8) is 0 Å². The Bertz CT molecular complexity index is 471. The highest BCUT2D eigenvalue weighted by Crippen LogP contribution is 2.17. The maximum absolute atomic E-state index is 10.2. The van der Waals surface area contributed by atoms with Gasteiger partial charge in [0.2, 0.25) is 0 Å². The summed E-state index contributed by atoms with van der Waals surface area (Å²) in [6.45, 7) is 4.12. The quantitative estimate of drug-likeness (QED) is 0.485. The molecule has 0 saturated heterocycles. The lowest BCUT2D eigenvalue weighted by Crippen LogP contribution is -2.09. The van der Waals surface area contributed by atoms with Gasteiger partial charge in [-0.15, -0.1) is 12.4 Å². The van der Waals surface area contributed by atoms with E-state index in [1.54, 1.807) is 0 Å². The van der Waals surface area contributed by atoms with Gasteiger partial charge in [-0.25, -0.2) is 4.79 Å². The number of carbonyl (C=O) groups is 1. The topological polar surface area (TPSA) is 91.0 Å². The van der Waals surface area contributed by atoms with Crippen LogP contribution in [0, 0.1) is 0 Å². The Balaban J connectivity index is 0.00000576. The Kier molecular flexibility index (Phi) is 14.2. The number of ether oxygens (including phenoxy) is 3. The minimum atomic E-state index is -0.942. The van der Waals surface area contributed by atoms with Gasteiger partial charge < -0.3 is 25.1 Å². The predicted octanol–water partition coefficient (Wildman–Crippen LogP) is 3.19. The molecule has 0 aliphatic carbocycles. The summed E-state index contributed by atoms with van der Waals surface area (Å²) in [5.74, 6) is -0.0789. The molecule has 6 nitrogen and oxygen atoms in total. The number of hydrogen-bond acceptors (Lipinski definition) is 5. The zero-order valence-electron chi connectivity index (χ0n) is 14.8. The average Bonchev–Trinajstić information content (AvgIpc) is 2.55. The summed E-state index contributed by atoms with van der Waals surface area (Å²) in [6, 6.07) is 7.91. The monoisotopic (exact) mass is 375 g/mol. The molecule has 0 saturated carbocycles. The number of halogens is 1. The molecule has 0 heterocycles. The fourth-order valence-electron chi connectivity index (χ4n) is 2.09. The first-order valence-corrected chi connectivity index (χ1v) is 8.45. The molecule has 0 radical (unpaired) electrons. The first kappa shape index (κ1) is 23.7. The van der Waals surface area contributed by atoms with Crippen molar-refractivity contribution in [1.82, 2.24) is 0 Å². The minimum Gasteiger partial charge on any atom is -0.494 e. The summed E-state index contributed by atoms with van der Waals surface area (Å²) >= 11 is 0. The van der Waals surface area contributed by atoms with Crippen LogP contribution >= 0.6 is 12.4 Å². The third-order valence-corrected chi connectivity index (χ3v) is 3.39. The smallest absolute Gasteiger partial charge is 0.329 e. The van der Waals surface area contributed by atoms with Gasteiger partial charge in [0.05, 0.1) is 6.61 Å². The maximum atomic E-state index is 10.2. The van der Waals surface area contributed by atoms with E-state index in [4.69, 9.17) is 25.1 Å². The molecular weight excluding hydrogens is 346 g/mol. The first-order valence-electron chi connectivity index (χ1n) is 8.45. The minimum absolute atomic E-state index is 0. The standard InChI is InChI=1S/C18H29NO5.ClH/c1-15(19)16-7-5-8-17(13-16)24-12-4-2-3-9-22-10-6-11-23-14-18(20)21;/h5,7-8,13,15H,2-4,6,9-12,14,19H2,1H3,(H,20,21);1H/t15-;/m1./s1. The van der Waals surface area contributed by atoms with E-state index in [0.717, 1.165) is 30.6 Å². The van der Waals surface area contributed by atoms with E-state index in [2.05, 4.69) is 0 Å². The van der Waals surface area contributed by atoms with E-state index in [9.17, 15) is 4.79 Å². The van der Waals surface area contributed by atoms with E-state index in [1.165, 1.54) is 0 Å². The van der Waals surface area contributed by atoms with Crippen LogP contribution in [0.4, 0.5) is 0 Å². The van der Waals surface area contributed by atoms with Gasteiger partial charge >= 0.3 is 5.97 Å². The Morgan fingerprint density at radius 3 is 2.48 bits per heavy atom. The number of rotatable bonds is 14. The highest BCUT2D eigenvalue weighted by molar-refractivity contribution is 5.85. The Labute approximate surface area is 156 Å². The summed E-state index contributed by atoms with van der Waals surface area (Å²) in [5.41, 5.74) is 6.93. The van der Waals surface area contributed by atoms with Crippen LogP contribution in [0.2, 0.25) is 0 Å². The molecule has 25 heavy (non-hydrogen) atoms. The van der Waals surface area contributed by atoms with Crippen LogP contribution in [-0.2, 0) is 14.3 Å². The van der Waals surface area contributed by atoms with Gasteiger partial charge in [0.1, 0.15) is 12.4 Å². The summed E-state index contributed by atoms with van der Waals surface area (Å²) in [6.07, 6.45) is 3.72. The van der Waals surface area contributed by atoms with Crippen LogP contribution < -0.4 is 10.5 Å². The first-order chi connectivity index (χ1) is 11.6. The fourth-order valence-corrected chi connectivity index (χ4v) is 2.09. The van der Waals surface area contributed by atoms with Crippen molar-refractivity contribution in [2.24, 2.45) is 5.73 Å². The number of aliphatic carboxylic acids is 1. The number of unbranched alkanes of at least 4 members (excludes halogenated alkanes) is 2. The fraction of sp³-hybridized carbons (Fsp3) is 0.611. The van der Waals surface area contributed by atoms with Crippen molar-refractivity contribution in [1.29, 1.82) is 0 Å². The normalized spacial score (nSPS) is 11.6. The van der Waals surface area contributed by atoms with E-state index < -0.39 is 5.97 Å². The van der Waals surface area contributed by atoms with Crippen molar-refractivity contribution in [2.75, 3.05) is 33.0 Å². The number of benzene rings is 1. The van der Waals surface area contributed by atoms with Crippen LogP contribution in [0.1, 0.15) is 44.2 Å². The zero-order chi connectivity index (χ0) is 17.6. The molecule has 0 unspecified atom stereocenters.